The molecule has 9 heteroatoms. The van der Waals surface area contributed by atoms with Crippen LogP contribution in [0.25, 0.3) is 10.9 Å². The number of piperidine rings is 1. The van der Waals surface area contributed by atoms with Gasteiger partial charge in [0.25, 0.3) is 0 Å². The number of benzene rings is 1. The Morgan fingerprint density at radius 1 is 1.15 bits per heavy atom. The molecule has 8 nitrogen and oxygen atoms in total. The van der Waals surface area contributed by atoms with Gasteiger partial charge < -0.3 is 10.2 Å². The minimum absolute atomic E-state index is 0.149. The summed E-state index contributed by atoms with van der Waals surface area (Å²) in [7, 11) is -3.13. The Balaban J connectivity index is 0.00000126. The summed E-state index contributed by atoms with van der Waals surface area (Å²) in [6, 6.07) is 8.91. The molecule has 2 aromatic rings. The molecule has 178 valence electrons. The molecule has 0 radical (unpaired) electrons. The second kappa shape index (κ2) is 9.43. The number of sulfonamides is 1. The normalized spacial score (nSPS) is 24.2. The Hall–Kier alpha value is -2.44. The molecule has 1 saturated carbocycles. The van der Waals surface area contributed by atoms with E-state index >= 15 is 0 Å². The molecule has 1 unspecified atom stereocenters. The van der Waals surface area contributed by atoms with E-state index in [0.717, 1.165) is 48.9 Å². The number of hydrogen-bond acceptors (Lipinski definition) is 7. The highest BCUT2D eigenvalue weighted by atomic mass is 32.2. The number of nitriles is 1. The molecule has 1 aliphatic carbocycles. The zero-order chi connectivity index (χ0) is 23.6. The van der Waals surface area contributed by atoms with E-state index in [9.17, 15) is 13.7 Å². The van der Waals surface area contributed by atoms with Gasteiger partial charge >= 0.3 is 0 Å². The van der Waals surface area contributed by atoms with E-state index in [2.05, 4.69) is 27.3 Å². The fourth-order valence-corrected chi connectivity index (χ4v) is 5.94. The van der Waals surface area contributed by atoms with E-state index in [1.807, 2.05) is 32.2 Å². The quantitative estimate of drug-likeness (QED) is 0.712. The standard InChI is InChI=1S/C22H28N6O2S.C2H6/c1-31(29,30)28-10-7-18(8-11-28)25-21-24-13-16-3-2-4-19(20(16)26-21)27-12-9-22(14-23,15-27)17-5-6-17;1-2/h2-4,13,17-18H,5-12,15H2,1H3,(H,24,25,26);1-2H3. The Kier molecular flexibility index (Phi) is 6.78. The number of para-hydroxylation sites is 1. The second-order valence-electron chi connectivity index (χ2n) is 9.20. The van der Waals surface area contributed by atoms with E-state index in [-0.39, 0.29) is 11.5 Å². The van der Waals surface area contributed by atoms with Crippen molar-refractivity contribution >= 4 is 32.6 Å². The van der Waals surface area contributed by atoms with Crippen LogP contribution in [0.3, 0.4) is 0 Å². The minimum atomic E-state index is -3.13. The van der Waals surface area contributed by atoms with Crippen LogP contribution in [0, 0.1) is 22.7 Å². The topological polar surface area (TPSA) is 102 Å². The van der Waals surface area contributed by atoms with Crippen molar-refractivity contribution in [1.82, 2.24) is 14.3 Å². The first-order valence-corrected chi connectivity index (χ1v) is 13.9. The Bertz CT molecular complexity index is 1140. The van der Waals surface area contributed by atoms with Crippen molar-refractivity contribution in [2.45, 2.75) is 52.0 Å². The van der Waals surface area contributed by atoms with Crippen LogP contribution in [-0.2, 0) is 10.0 Å². The van der Waals surface area contributed by atoms with Crippen molar-refractivity contribution in [3.63, 3.8) is 0 Å². The van der Waals surface area contributed by atoms with E-state index in [1.54, 1.807) is 0 Å². The Morgan fingerprint density at radius 3 is 2.52 bits per heavy atom. The van der Waals surface area contributed by atoms with Gasteiger partial charge in [0.1, 0.15) is 0 Å². The van der Waals surface area contributed by atoms with E-state index < -0.39 is 10.0 Å². The van der Waals surface area contributed by atoms with Crippen molar-refractivity contribution in [1.29, 1.82) is 5.26 Å². The van der Waals surface area contributed by atoms with E-state index in [0.29, 0.717) is 25.0 Å². The summed E-state index contributed by atoms with van der Waals surface area (Å²) in [5, 5.41) is 14.2. The molecule has 1 N–H and O–H groups in total. The molecule has 1 atom stereocenters. The van der Waals surface area contributed by atoms with Gasteiger partial charge in [-0.2, -0.15) is 5.26 Å². The summed E-state index contributed by atoms with van der Waals surface area (Å²) in [6.45, 7) is 6.67. The first-order chi connectivity index (χ1) is 15.9. The fourth-order valence-electron chi connectivity index (χ4n) is 5.07. The lowest BCUT2D eigenvalue weighted by atomic mass is 9.83. The van der Waals surface area contributed by atoms with E-state index in [4.69, 9.17) is 4.98 Å². The van der Waals surface area contributed by atoms with Crippen molar-refractivity contribution in [3.8, 4) is 6.07 Å². The van der Waals surface area contributed by atoms with Crippen LogP contribution >= 0.6 is 0 Å². The molecule has 1 aromatic carbocycles. The number of hydrogen-bond donors (Lipinski definition) is 1. The maximum Gasteiger partial charge on any atom is 0.223 e. The lowest BCUT2D eigenvalue weighted by Gasteiger charge is -2.30. The highest BCUT2D eigenvalue weighted by Gasteiger charge is 2.50. The molecule has 33 heavy (non-hydrogen) atoms. The zero-order valence-corrected chi connectivity index (χ0v) is 20.6. The number of fused-ring (bicyclic) bond motifs is 1. The van der Waals surface area contributed by atoms with Crippen LogP contribution in [-0.4, -0.2) is 61.2 Å². The van der Waals surface area contributed by atoms with Gasteiger partial charge in [-0.05, 0) is 44.1 Å². The summed E-state index contributed by atoms with van der Waals surface area (Å²) < 4.78 is 25.0. The summed E-state index contributed by atoms with van der Waals surface area (Å²) in [4.78, 5) is 11.6. The van der Waals surface area contributed by atoms with Crippen LogP contribution in [0.2, 0.25) is 0 Å². The van der Waals surface area contributed by atoms with Crippen molar-refractivity contribution in [2.75, 3.05) is 42.7 Å². The maximum absolute atomic E-state index is 11.7. The lowest BCUT2D eigenvalue weighted by molar-refractivity contribution is 0.331. The highest BCUT2D eigenvalue weighted by molar-refractivity contribution is 7.88. The van der Waals surface area contributed by atoms with Crippen LogP contribution in [0.1, 0.15) is 46.0 Å². The van der Waals surface area contributed by atoms with Gasteiger partial charge in [0.05, 0.1) is 28.9 Å². The van der Waals surface area contributed by atoms with Crippen LogP contribution in [0.5, 0.6) is 0 Å². The summed E-state index contributed by atoms with van der Waals surface area (Å²) in [6.07, 6.45) is 7.82. The molecular weight excluding hydrogens is 436 g/mol. The lowest BCUT2D eigenvalue weighted by Crippen LogP contribution is -2.42. The number of nitrogens with one attached hydrogen (secondary N) is 1. The highest BCUT2D eigenvalue weighted by Crippen LogP contribution is 2.51. The van der Waals surface area contributed by atoms with Gasteiger partial charge in [-0.15, -0.1) is 0 Å². The summed E-state index contributed by atoms with van der Waals surface area (Å²) in [5.41, 5.74) is 1.75. The third-order valence-electron chi connectivity index (χ3n) is 7.07. The smallest absolute Gasteiger partial charge is 0.223 e. The minimum Gasteiger partial charge on any atom is -0.368 e. The average molecular weight is 471 g/mol. The van der Waals surface area contributed by atoms with Crippen LogP contribution in [0.15, 0.2) is 24.4 Å². The summed E-state index contributed by atoms with van der Waals surface area (Å²) >= 11 is 0. The number of anilines is 2. The SMILES string of the molecule is CC.CS(=O)(=O)N1CCC(Nc2ncc3cccc(N4CCC(C#N)(C5CC5)C4)c3n2)CC1. The molecule has 3 fully saturated rings. The third kappa shape index (κ3) is 4.92. The van der Waals surface area contributed by atoms with Gasteiger partial charge in [0, 0.05) is 43.8 Å². The van der Waals surface area contributed by atoms with Gasteiger partial charge in [0.2, 0.25) is 16.0 Å². The predicted molar refractivity (Wildman–Crippen MR) is 132 cm³/mol. The van der Waals surface area contributed by atoms with Gasteiger partial charge in [-0.25, -0.2) is 22.7 Å². The van der Waals surface area contributed by atoms with Crippen LogP contribution in [0.4, 0.5) is 11.6 Å². The van der Waals surface area contributed by atoms with E-state index in [1.165, 1.54) is 23.4 Å². The molecule has 2 aliphatic heterocycles. The summed E-state index contributed by atoms with van der Waals surface area (Å²) in [5.74, 6) is 1.12. The maximum atomic E-state index is 11.7. The number of aromatic nitrogens is 2. The second-order valence-corrected chi connectivity index (χ2v) is 11.2. The Morgan fingerprint density at radius 2 is 1.88 bits per heavy atom. The zero-order valence-electron chi connectivity index (χ0n) is 19.8. The molecule has 5 rings (SSSR count). The molecule has 1 aromatic heterocycles. The fraction of sp³-hybridized carbons (Fsp3) is 0.625. The number of nitrogens with zero attached hydrogens (tertiary/aromatic N) is 5. The molecular formula is C24H34N6O2S. The first kappa shape index (κ1) is 23.7. The molecule has 3 heterocycles. The molecule has 0 spiro atoms. The third-order valence-corrected chi connectivity index (χ3v) is 8.37. The molecule has 2 saturated heterocycles. The van der Waals surface area contributed by atoms with Gasteiger partial charge in [-0.3, -0.25) is 0 Å². The predicted octanol–water partition coefficient (Wildman–Crippen LogP) is 3.62. The molecule has 0 bridgehead atoms. The monoisotopic (exact) mass is 470 g/mol. The Labute approximate surface area is 197 Å². The molecule has 3 aliphatic rings. The van der Waals surface area contributed by atoms with Gasteiger partial charge in [0.15, 0.2) is 0 Å². The molecule has 0 amide bonds. The van der Waals surface area contributed by atoms with Crippen molar-refractivity contribution in [2.24, 2.45) is 11.3 Å². The first-order valence-electron chi connectivity index (χ1n) is 12.0. The van der Waals surface area contributed by atoms with Gasteiger partial charge in [-0.1, -0.05) is 26.0 Å². The van der Waals surface area contributed by atoms with Crippen LogP contribution < -0.4 is 10.2 Å². The number of rotatable bonds is 5. The average Bonchev–Trinajstić information content (AvgIpc) is 3.60. The van der Waals surface area contributed by atoms with Crippen molar-refractivity contribution < 1.29 is 8.42 Å². The largest absolute Gasteiger partial charge is 0.368 e. The van der Waals surface area contributed by atoms with Crippen molar-refractivity contribution in [3.05, 3.63) is 24.4 Å².